The van der Waals surface area contributed by atoms with Crippen molar-refractivity contribution in [3.63, 3.8) is 0 Å². The lowest BCUT2D eigenvalue weighted by Crippen LogP contribution is -2.42. The van der Waals surface area contributed by atoms with E-state index in [0.717, 1.165) is 0 Å². The summed E-state index contributed by atoms with van der Waals surface area (Å²) < 4.78 is 5.23. The molecular weight excluding hydrogens is 196 g/mol. The van der Waals surface area contributed by atoms with Crippen molar-refractivity contribution in [2.24, 2.45) is 5.41 Å². The first-order chi connectivity index (χ1) is 6.65. The van der Waals surface area contributed by atoms with E-state index in [4.69, 9.17) is 14.5 Å². The highest BCUT2D eigenvalue weighted by atomic mass is 17.4. The molecular formula is C11H18O4. The smallest absolute Gasteiger partial charge is 0.374 e. The molecule has 0 atom stereocenters. The minimum atomic E-state index is -1.26. The fourth-order valence-electron chi connectivity index (χ4n) is 1.01. The molecule has 0 aromatic heterocycles. The fraction of sp³-hybridized carbons (Fsp3) is 0.727. The van der Waals surface area contributed by atoms with Crippen LogP contribution in [0.3, 0.4) is 0 Å². The Hall–Kier alpha value is -0.870. The standard InChI is InChI=1S/C11H18O4/c1-7-10(5,6)13-8(12)11(14-15-11)9(2,3)4/h7H,1H2,2-6H3. The molecule has 0 aliphatic carbocycles. The first-order valence-electron chi connectivity index (χ1n) is 4.88. The maximum Gasteiger partial charge on any atom is 0.374 e. The molecule has 1 fully saturated rings. The number of hydrogen-bond acceptors (Lipinski definition) is 4. The summed E-state index contributed by atoms with van der Waals surface area (Å²) in [6.07, 6.45) is 1.56. The van der Waals surface area contributed by atoms with Gasteiger partial charge < -0.3 is 4.74 Å². The molecule has 15 heavy (non-hydrogen) atoms. The molecule has 0 unspecified atom stereocenters. The summed E-state index contributed by atoms with van der Waals surface area (Å²) in [6, 6.07) is 0. The number of ether oxygens (including phenoxy) is 1. The molecule has 0 amide bonds. The molecule has 0 radical (unpaired) electrons. The summed E-state index contributed by atoms with van der Waals surface area (Å²) in [4.78, 5) is 21.4. The highest BCUT2D eigenvalue weighted by molar-refractivity contribution is 5.80. The average molecular weight is 214 g/mol. The molecule has 1 saturated heterocycles. The van der Waals surface area contributed by atoms with Crippen LogP contribution >= 0.6 is 0 Å². The topological polar surface area (TPSA) is 51.4 Å². The van der Waals surface area contributed by atoms with Crippen molar-refractivity contribution in [2.45, 2.75) is 46.0 Å². The van der Waals surface area contributed by atoms with Crippen LogP contribution in [-0.2, 0) is 19.3 Å². The number of esters is 1. The van der Waals surface area contributed by atoms with Gasteiger partial charge in [0.1, 0.15) is 5.60 Å². The second-order valence-corrected chi connectivity index (χ2v) is 5.23. The Kier molecular flexibility index (Phi) is 2.70. The van der Waals surface area contributed by atoms with E-state index in [-0.39, 0.29) is 0 Å². The van der Waals surface area contributed by atoms with E-state index in [1.54, 1.807) is 19.9 Å². The number of carbonyl (C=O) groups excluding carboxylic acids is 1. The Bertz CT molecular complexity index is 281. The second-order valence-electron chi connectivity index (χ2n) is 5.23. The Morgan fingerprint density at radius 3 is 2.00 bits per heavy atom. The van der Waals surface area contributed by atoms with Crippen molar-refractivity contribution in [1.82, 2.24) is 0 Å². The van der Waals surface area contributed by atoms with E-state index in [0.29, 0.717) is 0 Å². The lowest BCUT2D eigenvalue weighted by molar-refractivity contribution is -0.165. The van der Waals surface area contributed by atoms with Crippen LogP contribution in [0.25, 0.3) is 0 Å². The Labute approximate surface area is 90.1 Å². The van der Waals surface area contributed by atoms with Gasteiger partial charge in [-0.1, -0.05) is 27.4 Å². The lowest BCUT2D eigenvalue weighted by atomic mass is 9.86. The van der Waals surface area contributed by atoms with Gasteiger partial charge in [-0.05, 0) is 19.9 Å². The SMILES string of the molecule is C=CC(C)(C)OC(=O)C1(C(C)(C)C)OO1. The van der Waals surface area contributed by atoms with Crippen molar-refractivity contribution in [3.8, 4) is 0 Å². The van der Waals surface area contributed by atoms with Gasteiger partial charge in [0.15, 0.2) is 0 Å². The molecule has 0 bridgehead atoms. The van der Waals surface area contributed by atoms with Crippen LogP contribution in [0.5, 0.6) is 0 Å². The minimum absolute atomic E-state index is 0.457. The zero-order valence-electron chi connectivity index (χ0n) is 9.92. The van der Waals surface area contributed by atoms with Gasteiger partial charge in [0, 0.05) is 5.41 Å². The average Bonchev–Trinajstić information content (AvgIpc) is 2.81. The summed E-state index contributed by atoms with van der Waals surface area (Å²) in [5.41, 5.74) is -1.17. The van der Waals surface area contributed by atoms with Crippen LogP contribution in [0, 0.1) is 5.41 Å². The van der Waals surface area contributed by atoms with E-state index in [1.165, 1.54) is 0 Å². The van der Waals surface area contributed by atoms with Gasteiger partial charge in [-0.15, -0.1) is 0 Å². The third-order valence-corrected chi connectivity index (χ3v) is 2.35. The van der Waals surface area contributed by atoms with Gasteiger partial charge in [-0.2, -0.15) is 9.78 Å². The first-order valence-corrected chi connectivity index (χ1v) is 4.88. The summed E-state index contributed by atoms with van der Waals surface area (Å²) in [5.74, 6) is -1.77. The van der Waals surface area contributed by atoms with E-state index < -0.39 is 22.8 Å². The molecule has 1 heterocycles. The highest BCUT2D eigenvalue weighted by Gasteiger charge is 2.67. The Balaban J connectivity index is 2.75. The van der Waals surface area contributed by atoms with Crippen LogP contribution in [0.4, 0.5) is 0 Å². The van der Waals surface area contributed by atoms with Gasteiger partial charge in [0.25, 0.3) is 0 Å². The van der Waals surface area contributed by atoms with Crippen molar-refractivity contribution >= 4 is 5.97 Å². The third kappa shape index (κ3) is 2.21. The number of rotatable bonds is 3. The van der Waals surface area contributed by atoms with Crippen LogP contribution in [0.2, 0.25) is 0 Å². The van der Waals surface area contributed by atoms with Crippen molar-refractivity contribution in [2.75, 3.05) is 0 Å². The minimum Gasteiger partial charge on any atom is -0.451 e. The van der Waals surface area contributed by atoms with Crippen LogP contribution in [0.15, 0.2) is 12.7 Å². The predicted octanol–water partition coefficient (Wildman–Crippen LogP) is 2.20. The van der Waals surface area contributed by atoms with Crippen molar-refractivity contribution < 1.29 is 19.3 Å². The van der Waals surface area contributed by atoms with Crippen LogP contribution in [-0.4, -0.2) is 17.4 Å². The molecule has 1 aliphatic heterocycles. The molecule has 0 saturated carbocycles. The van der Waals surface area contributed by atoms with Crippen molar-refractivity contribution in [3.05, 3.63) is 12.7 Å². The molecule has 1 aliphatic rings. The largest absolute Gasteiger partial charge is 0.451 e. The van der Waals surface area contributed by atoms with Gasteiger partial charge in [0.05, 0.1) is 0 Å². The molecule has 0 N–H and O–H groups in total. The monoisotopic (exact) mass is 214 g/mol. The lowest BCUT2D eigenvalue weighted by Gasteiger charge is -2.26. The predicted molar refractivity (Wildman–Crippen MR) is 54.7 cm³/mol. The van der Waals surface area contributed by atoms with Gasteiger partial charge >= 0.3 is 11.8 Å². The summed E-state index contributed by atoms with van der Waals surface area (Å²) in [5, 5.41) is 0. The number of hydrogen-bond donors (Lipinski definition) is 0. The van der Waals surface area contributed by atoms with Gasteiger partial charge in [-0.25, -0.2) is 4.79 Å². The van der Waals surface area contributed by atoms with Crippen molar-refractivity contribution in [1.29, 1.82) is 0 Å². The second kappa shape index (κ2) is 3.32. The quantitative estimate of drug-likeness (QED) is 0.313. The van der Waals surface area contributed by atoms with E-state index in [2.05, 4.69) is 6.58 Å². The normalized spacial score (nSPS) is 19.5. The zero-order chi connectivity index (χ0) is 11.9. The van der Waals surface area contributed by atoms with Crippen LogP contribution < -0.4 is 0 Å². The summed E-state index contributed by atoms with van der Waals surface area (Å²) >= 11 is 0. The summed E-state index contributed by atoms with van der Waals surface area (Å²) in [7, 11) is 0. The van der Waals surface area contributed by atoms with E-state index in [9.17, 15) is 4.79 Å². The third-order valence-electron chi connectivity index (χ3n) is 2.35. The van der Waals surface area contributed by atoms with Gasteiger partial charge in [-0.3, -0.25) is 0 Å². The fourth-order valence-corrected chi connectivity index (χ4v) is 1.01. The molecule has 4 nitrogen and oxygen atoms in total. The van der Waals surface area contributed by atoms with Gasteiger partial charge in [0.2, 0.25) is 0 Å². The van der Waals surface area contributed by atoms with E-state index in [1.807, 2.05) is 20.8 Å². The van der Waals surface area contributed by atoms with E-state index >= 15 is 0 Å². The molecule has 1 rings (SSSR count). The first kappa shape index (κ1) is 12.2. The highest BCUT2D eigenvalue weighted by Crippen LogP contribution is 2.47. The Morgan fingerprint density at radius 1 is 1.27 bits per heavy atom. The molecule has 86 valence electrons. The zero-order valence-corrected chi connectivity index (χ0v) is 9.92. The van der Waals surface area contributed by atoms with Crippen LogP contribution in [0.1, 0.15) is 34.6 Å². The molecule has 0 aromatic carbocycles. The maximum atomic E-state index is 11.8. The molecule has 0 spiro atoms. The molecule has 4 heteroatoms. The maximum absolute atomic E-state index is 11.8. The molecule has 0 aromatic rings. The number of carbonyl (C=O) groups is 1. The summed E-state index contributed by atoms with van der Waals surface area (Å²) in [6.45, 7) is 12.6. The Morgan fingerprint density at radius 2 is 1.73 bits per heavy atom.